The fourth-order valence-electron chi connectivity index (χ4n) is 3.32. The minimum absolute atomic E-state index is 0.455. The van der Waals surface area contributed by atoms with E-state index in [0.29, 0.717) is 25.8 Å². The van der Waals surface area contributed by atoms with Crippen molar-refractivity contribution in [2.45, 2.75) is 51.6 Å². The Morgan fingerprint density at radius 3 is 2.79 bits per heavy atom. The molecular weight excluding hydrogens is 368 g/mol. The Morgan fingerprint density at radius 1 is 1.24 bits per heavy atom. The molecule has 0 saturated heterocycles. The molecule has 1 saturated carbocycles. The number of hydrogen-bond donors (Lipinski definition) is 2. The van der Waals surface area contributed by atoms with Crippen molar-refractivity contribution in [3.8, 4) is 5.75 Å². The summed E-state index contributed by atoms with van der Waals surface area (Å²) in [7, 11) is 3.66. The van der Waals surface area contributed by atoms with Gasteiger partial charge in [-0.3, -0.25) is 0 Å². The van der Waals surface area contributed by atoms with Crippen molar-refractivity contribution < 1.29 is 9.47 Å². The number of aliphatic imine (C=N–C) groups is 1. The molecule has 1 fully saturated rings. The zero-order valence-electron chi connectivity index (χ0n) is 17.6. The molecule has 1 aromatic heterocycles. The number of hydrogen-bond acceptors (Lipinski definition) is 5. The molecule has 0 radical (unpaired) electrons. The van der Waals surface area contributed by atoms with E-state index in [9.17, 15) is 0 Å². The number of rotatable bonds is 9. The van der Waals surface area contributed by atoms with Crippen LogP contribution in [0.25, 0.3) is 0 Å². The lowest BCUT2D eigenvalue weighted by atomic mass is 10.2. The van der Waals surface area contributed by atoms with Gasteiger partial charge in [0, 0.05) is 45.0 Å². The standard InChI is InChI=1S/C21H32N6O2/c1-16-25-26-20(27(16)2)15-22-21(23-17-8-4-5-9-17)24-18-10-6-11-19(14-18)29-13-7-12-28-3/h6,10-11,14,17H,4-5,7-9,12-13,15H2,1-3H3,(H2,22,23,24). The summed E-state index contributed by atoms with van der Waals surface area (Å²) in [5.41, 5.74) is 0.938. The van der Waals surface area contributed by atoms with Gasteiger partial charge in [-0.15, -0.1) is 10.2 Å². The van der Waals surface area contributed by atoms with Crippen LogP contribution in [-0.4, -0.2) is 47.1 Å². The number of nitrogens with one attached hydrogen (secondary N) is 2. The van der Waals surface area contributed by atoms with E-state index in [4.69, 9.17) is 14.5 Å². The minimum Gasteiger partial charge on any atom is -0.493 e. The van der Waals surface area contributed by atoms with E-state index in [1.165, 1.54) is 25.7 Å². The summed E-state index contributed by atoms with van der Waals surface area (Å²) in [4.78, 5) is 4.76. The molecule has 29 heavy (non-hydrogen) atoms. The summed E-state index contributed by atoms with van der Waals surface area (Å²) in [6, 6.07) is 8.40. The van der Waals surface area contributed by atoms with Crippen molar-refractivity contribution in [2.24, 2.45) is 12.0 Å². The maximum Gasteiger partial charge on any atom is 0.196 e. The van der Waals surface area contributed by atoms with Gasteiger partial charge in [0.25, 0.3) is 0 Å². The summed E-state index contributed by atoms with van der Waals surface area (Å²) in [5.74, 6) is 3.31. The Hall–Kier alpha value is -2.61. The Kier molecular flexibility index (Phi) is 7.86. The number of benzene rings is 1. The highest BCUT2D eigenvalue weighted by Crippen LogP contribution is 2.20. The first-order chi connectivity index (χ1) is 14.2. The molecule has 1 aromatic carbocycles. The normalized spacial score (nSPS) is 14.9. The lowest BCUT2D eigenvalue weighted by Gasteiger charge is -2.18. The van der Waals surface area contributed by atoms with Crippen LogP contribution in [0.1, 0.15) is 43.8 Å². The molecule has 1 aliphatic rings. The van der Waals surface area contributed by atoms with Gasteiger partial charge in [-0.05, 0) is 31.9 Å². The second kappa shape index (κ2) is 10.8. The lowest BCUT2D eigenvalue weighted by Crippen LogP contribution is -2.37. The Bertz CT molecular complexity index is 798. The molecule has 0 bridgehead atoms. The van der Waals surface area contributed by atoms with E-state index in [-0.39, 0.29) is 0 Å². The third kappa shape index (κ3) is 6.45. The molecule has 2 N–H and O–H groups in total. The fraction of sp³-hybridized carbons (Fsp3) is 0.571. The molecule has 0 amide bonds. The third-order valence-electron chi connectivity index (χ3n) is 5.12. The van der Waals surface area contributed by atoms with E-state index in [2.05, 4.69) is 20.8 Å². The van der Waals surface area contributed by atoms with Gasteiger partial charge in [0.1, 0.15) is 18.1 Å². The van der Waals surface area contributed by atoms with Crippen LogP contribution in [0.3, 0.4) is 0 Å². The molecule has 8 heteroatoms. The number of guanidine groups is 1. The second-order valence-corrected chi connectivity index (χ2v) is 7.36. The molecule has 3 rings (SSSR count). The topological polar surface area (TPSA) is 85.6 Å². The van der Waals surface area contributed by atoms with E-state index in [0.717, 1.165) is 35.5 Å². The average molecular weight is 401 g/mol. The number of aryl methyl sites for hydroxylation is 1. The van der Waals surface area contributed by atoms with Gasteiger partial charge < -0.3 is 24.7 Å². The molecule has 0 spiro atoms. The Labute approximate surface area is 172 Å². The van der Waals surface area contributed by atoms with E-state index in [1.807, 2.05) is 42.8 Å². The van der Waals surface area contributed by atoms with Crippen LogP contribution in [-0.2, 0) is 18.3 Å². The quantitative estimate of drug-likeness (QED) is 0.382. The van der Waals surface area contributed by atoms with Crippen molar-refractivity contribution in [2.75, 3.05) is 25.6 Å². The van der Waals surface area contributed by atoms with Gasteiger partial charge in [0.2, 0.25) is 0 Å². The smallest absolute Gasteiger partial charge is 0.196 e. The zero-order chi connectivity index (χ0) is 20.5. The lowest BCUT2D eigenvalue weighted by molar-refractivity contribution is 0.172. The zero-order valence-corrected chi connectivity index (χ0v) is 17.6. The summed E-state index contributed by atoms with van der Waals surface area (Å²) in [6.07, 6.45) is 5.73. The highest BCUT2D eigenvalue weighted by atomic mass is 16.5. The first-order valence-corrected chi connectivity index (χ1v) is 10.3. The highest BCUT2D eigenvalue weighted by molar-refractivity contribution is 5.94. The van der Waals surface area contributed by atoms with Crippen LogP contribution < -0.4 is 15.4 Å². The van der Waals surface area contributed by atoms with Gasteiger partial charge in [0.15, 0.2) is 11.8 Å². The van der Waals surface area contributed by atoms with Crippen LogP contribution in [0.5, 0.6) is 5.75 Å². The molecule has 1 heterocycles. The van der Waals surface area contributed by atoms with E-state index in [1.54, 1.807) is 7.11 Å². The monoisotopic (exact) mass is 400 g/mol. The van der Waals surface area contributed by atoms with E-state index >= 15 is 0 Å². The van der Waals surface area contributed by atoms with Gasteiger partial charge in [0.05, 0.1) is 6.61 Å². The molecule has 158 valence electrons. The van der Waals surface area contributed by atoms with Crippen molar-refractivity contribution in [3.63, 3.8) is 0 Å². The maximum atomic E-state index is 5.81. The van der Waals surface area contributed by atoms with Crippen LogP contribution in [0.2, 0.25) is 0 Å². The number of anilines is 1. The van der Waals surface area contributed by atoms with Gasteiger partial charge >= 0.3 is 0 Å². The summed E-state index contributed by atoms with van der Waals surface area (Å²) >= 11 is 0. The van der Waals surface area contributed by atoms with Gasteiger partial charge in [-0.25, -0.2) is 4.99 Å². The van der Waals surface area contributed by atoms with Gasteiger partial charge in [-0.1, -0.05) is 18.9 Å². The van der Waals surface area contributed by atoms with Crippen LogP contribution in [0.4, 0.5) is 5.69 Å². The first kappa shape index (κ1) is 21.1. The van der Waals surface area contributed by atoms with Crippen molar-refractivity contribution in [3.05, 3.63) is 35.9 Å². The fourth-order valence-corrected chi connectivity index (χ4v) is 3.32. The van der Waals surface area contributed by atoms with Crippen molar-refractivity contribution in [1.29, 1.82) is 0 Å². The number of nitrogens with zero attached hydrogens (tertiary/aromatic N) is 4. The van der Waals surface area contributed by atoms with Crippen molar-refractivity contribution >= 4 is 11.6 Å². The molecule has 0 unspecified atom stereocenters. The minimum atomic E-state index is 0.455. The Morgan fingerprint density at radius 2 is 2.07 bits per heavy atom. The molecule has 0 atom stereocenters. The molecule has 1 aliphatic carbocycles. The average Bonchev–Trinajstić information content (AvgIpc) is 3.34. The summed E-state index contributed by atoms with van der Waals surface area (Å²) in [5, 5.41) is 15.3. The molecule has 8 nitrogen and oxygen atoms in total. The van der Waals surface area contributed by atoms with Crippen LogP contribution >= 0.6 is 0 Å². The predicted molar refractivity (Wildman–Crippen MR) is 114 cm³/mol. The molecule has 2 aromatic rings. The molecule has 0 aliphatic heterocycles. The summed E-state index contributed by atoms with van der Waals surface area (Å²) < 4.78 is 12.8. The van der Waals surface area contributed by atoms with Gasteiger partial charge in [-0.2, -0.15) is 0 Å². The van der Waals surface area contributed by atoms with Crippen molar-refractivity contribution in [1.82, 2.24) is 20.1 Å². The largest absolute Gasteiger partial charge is 0.493 e. The predicted octanol–water partition coefficient (Wildman–Crippen LogP) is 3.04. The van der Waals surface area contributed by atoms with Crippen LogP contribution in [0.15, 0.2) is 29.3 Å². The second-order valence-electron chi connectivity index (χ2n) is 7.36. The number of methoxy groups -OCH3 is 1. The SMILES string of the molecule is COCCCOc1cccc(NC(=NCc2nnc(C)n2C)NC2CCCC2)c1. The maximum absolute atomic E-state index is 5.81. The summed E-state index contributed by atoms with van der Waals surface area (Å²) in [6.45, 7) is 3.73. The number of ether oxygens (including phenoxy) is 2. The first-order valence-electron chi connectivity index (χ1n) is 10.3. The molecular formula is C21H32N6O2. The number of aromatic nitrogens is 3. The van der Waals surface area contributed by atoms with E-state index < -0.39 is 0 Å². The van der Waals surface area contributed by atoms with Crippen LogP contribution in [0, 0.1) is 6.92 Å². The highest BCUT2D eigenvalue weighted by Gasteiger charge is 2.16. The Balaban J connectivity index is 1.67. The third-order valence-corrected chi connectivity index (χ3v) is 5.12.